The molecule has 0 aromatic rings. The van der Waals surface area contributed by atoms with Crippen molar-refractivity contribution < 1.29 is 13.9 Å². The van der Waals surface area contributed by atoms with Crippen molar-refractivity contribution in [3.63, 3.8) is 0 Å². The fourth-order valence-electron chi connectivity index (χ4n) is 2.90. The molecule has 1 atom stereocenters. The Labute approximate surface area is 116 Å². The molecule has 1 aliphatic carbocycles. The molecular formula is C16H27FO2. The molecule has 1 saturated heterocycles. The first kappa shape index (κ1) is 15.0. The Morgan fingerprint density at radius 2 is 1.95 bits per heavy atom. The molecule has 0 spiro atoms. The molecule has 0 saturated carbocycles. The Bertz CT molecular complexity index is 282. The van der Waals surface area contributed by atoms with E-state index in [1.807, 2.05) is 0 Å². The molecule has 1 fully saturated rings. The van der Waals surface area contributed by atoms with Crippen LogP contribution in [0.4, 0.5) is 4.39 Å². The second-order valence-corrected chi connectivity index (χ2v) is 5.97. The van der Waals surface area contributed by atoms with Gasteiger partial charge in [-0.05, 0) is 44.4 Å². The SMILES string of the molecule is CCCCC1COC(CCC2CC=C(F)CC2)OC1. The van der Waals surface area contributed by atoms with Crippen LogP contribution in [-0.2, 0) is 9.47 Å². The average molecular weight is 270 g/mol. The summed E-state index contributed by atoms with van der Waals surface area (Å²) in [6, 6.07) is 0. The van der Waals surface area contributed by atoms with Gasteiger partial charge in [0.1, 0.15) is 0 Å². The van der Waals surface area contributed by atoms with Gasteiger partial charge in [0.05, 0.1) is 19.0 Å². The molecule has 0 radical (unpaired) electrons. The highest BCUT2D eigenvalue weighted by molar-refractivity contribution is 4.97. The third-order valence-corrected chi connectivity index (χ3v) is 4.28. The topological polar surface area (TPSA) is 18.5 Å². The second kappa shape index (κ2) is 8.01. The van der Waals surface area contributed by atoms with E-state index >= 15 is 0 Å². The Morgan fingerprint density at radius 3 is 2.58 bits per heavy atom. The molecule has 0 N–H and O–H groups in total. The maximum Gasteiger partial charge on any atom is 0.157 e. The molecular weight excluding hydrogens is 243 g/mol. The van der Waals surface area contributed by atoms with Crippen LogP contribution in [0.5, 0.6) is 0 Å². The Morgan fingerprint density at radius 1 is 1.16 bits per heavy atom. The van der Waals surface area contributed by atoms with Gasteiger partial charge in [0.2, 0.25) is 0 Å². The highest BCUT2D eigenvalue weighted by atomic mass is 19.1. The molecule has 2 aliphatic rings. The number of unbranched alkanes of at least 4 members (excludes halogenated alkanes) is 1. The molecule has 2 nitrogen and oxygen atoms in total. The minimum Gasteiger partial charge on any atom is -0.352 e. The summed E-state index contributed by atoms with van der Waals surface area (Å²) in [5.41, 5.74) is 0. The van der Waals surface area contributed by atoms with E-state index in [1.165, 1.54) is 19.3 Å². The van der Waals surface area contributed by atoms with E-state index in [-0.39, 0.29) is 12.1 Å². The van der Waals surface area contributed by atoms with E-state index in [0.717, 1.165) is 38.9 Å². The number of ether oxygens (including phenoxy) is 2. The lowest BCUT2D eigenvalue weighted by Gasteiger charge is -2.30. The smallest absolute Gasteiger partial charge is 0.157 e. The summed E-state index contributed by atoms with van der Waals surface area (Å²) in [6.07, 6.45) is 9.99. The average Bonchev–Trinajstić information content (AvgIpc) is 2.46. The summed E-state index contributed by atoms with van der Waals surface area (Å²) in [4.78, 5) is 0. The van der Waals surface area contributed by atoms with Gasteiger partial charge < -0.3 is 9.47 Å². The molecule has 1 heterocycles. The largest absolute Gasteiger partial charge is 0.352 e. The maximum absolute atomic E-state index is 12.9. The number of allylic oxidation sites excluding steroid dienone is 2. The zero-order chi connectivity index (χ0) is 13.5. The lowest BCUT2D eigenvalue weighted by atomic mass is 9.89. The van der Waals surface area contributed by atoms with E-state index < -0.39 is 0 Å². The van der Waals surface area contributed by atoms with Gasteiger partial charge >= 0.3 is 0 Å². The van der Waals surface area contributed by atoms with Gasteiger partial charge in [-0.1, -0.05) is 25.8 Å². The van der Waals surface area contributed by atoms with Crippen molar-refractivity contribution in [1.29, 1.82) is 0 Å². The van der Waals surface area contributed by atoms with Gasteiger partial charge in [-0.25, -0.2) is 4.39 Å². The molecule has 0 bridgehead atoms. The van der Waals surface area contributed by atoms with Crippen molar-refractivity contribution in [3.05, 3.63) is 11.9 Å². The molecule has 1 unspecified atom stereocenters. The summed E-state index contributed by atoms with van der Waals surface area (Å²) in [6.45, 7) is 3.92. The van der Waals surface area contributed by atoms with Crippen LogP contribution in [0.25, 0.3) is 0 Å². The van der Waals surface area contributed by atoms with Gasteiger partial charge in [-0.15, -0.1) is 0 Å². The van der Waals surface area contributed by atoms with E-state index in [4.69, 9.17) is 9.47 Å². The second-order valence-electron chi connectivity index (χ2n) is 5.97. The van der Waals surface area contributed by atoms with E-state index in [2.05, 4.69) is 6.92 Å². The van der Waals surface area contributed by atoms with Crippen LogP contribution < -0.4 is 0 Å². The van der Waals surface area contributed by atoms with Gasteiger partial charge in [-0.2, -0.15) is 0 Å². The first-order valence-corrected chi connectivity index (χ1v) is 7.85. The molecule has 0 aromatic heterocycles. The summed E-state index contributed by atoms with van der Waals surface area (Å²) in [5, 5.41) is 0. The van der Waals surface area contributed by atoms with Gasteiger partial charge in [-0.3, -0.25) is 0 Å². The van der Waals surface area contributed by atoms with E-state index in [9.17, 15) is 4.39 Å². The maximum atomic E-state index is 12.9. The summed E-state index contributed by atoms with van der Waals surface area (Å²) < 4.78 is 24.5. The van der Waals surface area contributed by atoms with Gasteiger partial charge in [0.25, 0.3) is 0 Å². The Hall–Kier alpha value is -0.410. The lowest BCUT2D eigenvalue weighted by Crippen LogP contribution is -2.32. The monoisotopic (exact) mass is 270 g/mol. The van der Waals surface area contributed by atoms with Crippen molar-refractivity contribution in [2.75, 3.05) is 13.2 Å². The predicted molar refractivity (Wildman–Crippen MR) is 74.5 cm³/mol. The standard InChI is InChI=1S/C16H27FO2/c1-2-3-4-14-11-18-16(19-12-14)10-7-13-5-8-15(17)9-6-13/h8,13-14,16H,2-7,9-12H2,1H3. The fourth-order valence-corrected chi connectivity index (χ4v) is 2.90. The zero-order valence-electron chi connectivity index (χ0n) is 12.1. The van der Waals surface area contributed by atoms with Crippen LogP contribution >= 0.6 is 0 Å². The molecule has 2 rings (SSSR count). The predicted octanol–water partition coefficient (Wildman–Crippen LogP) is 4.60. The first-order valence-electron chi connectivity index (χ1n) is 7.85. The van der Waals surface area contributed by atoms with Crippen molar-refractivity contribution in [2.24, 2.45) is 11.8 Å². The van der Waals surface area contributed by atoms with Gasteiger partial charge in [0.15, 0.2) is 6.29 Å². The summed E-state index contributed by atoms with van der Waals surface area (Å²) in [7, 11) is 0. The third-order valence-electron chi connectivity index (χ3n) is 4.28. The number of hydrogen-bond acceptors (Lipinski definition) is 2. The molecule has 110 valence electrons. The molecule has 0 amide bonds. The first-order chi connectivity index (χ1) is 9.28. The van der Waals surface area contributed by atoms with Crippen LogP contribution in [0.2, 0.25) is 0 Å². The molecule has 3 heteroatoms. The van der Waals surface area contributed by atoms with E-state index in [0.29, 0.717) is 18.3 Å². The van der Waals surface area contributed by atoms with Crippen LogP contribution in [0.15, 0.2) is 11.9 Å². The Balaban J connectivity index is 1.58. The normalized spacial score (nSPS) is 32.1. The minimum absolute atomic E-state index is 0.0198. The Kier molecular flexibility index (Phi) is 6.32. The van der Waals surface area contributed by atoms with Crippen LogP contribution in [-0.4, -0.2) is 19.5 Å². The highest BCUT2D eigenvalue weighted by Crippen LogP contribution is 2.29. The number of hydrogen-bond donors (Lipinski definition) is 0. The molecule has 19 heavy (non-hydrogen) atoms. The van der Waals surface area contributed by atoms with Crippen molar-refractivity contribution in [2.45, 2.75) is 64.6 Å². The van der Waals surface area contributed by atoms with E-state index in [1.54, 1.807) is 6.08 Å². The molecule has 0 aromatic carbocycles. The summed E-state index contributed by atoms with van der Waals surface area (Å²) in [5.74, 6) is 1.27. The minimum atomic E-state index is -0.0198. The zero-order valence-corrected chi connectivity index (χ0v) is 12.1. The molecule has 1 aliphatic heterocycles. The quantitative estimate of drug-likeness (QED) is 0.702. The van der Waals surface area contributed by atoms with Crippen LogP contribution in [0.3, 0.4) is 0 Å². The highest BCUT2D eigenvalue weighted by Gasteiger charge is 2.23. The van der Waals surface area contributed by atoms with Crippen molar-refractivity contribution >= 4 is 0 Å². The fraction of sp³-hybridized carbons (Fsp3) is 0.875. The van der Waals surface area contributed by atoms with Crippen LogP contribution in [0, 0.1) is 11.8 Å². The lowest BCUT2D eigenvalue weighted by molar-refractivity contribution is -0.205. The van der Waals surface area contributed by atoms with Crippen molar-refractivity contribution in [1.82, 2.24) is 0 Å². The third kappa shape index (κ3) is 5.23. The van der Waals surface area contributed by atoms with Crippen LogP contribution in [0.1, 0.15) is 58.3 Å². The van der Waals surface area contributed by atoms with Gasteiger partial charge in [0, 0.05) is 5.92 Å². The number of halogens is 1. The van der Waals surface area contributed by atoms with Crippen molar-refractivity contribution in [3.8, 4) is 0 Å². The number of rotatable bonds is 6. The summed E-state index contributed by atoms with van der Waals surface area (Å²) >= 11 is 0.